The summed E-state index contributed by atoms with van der Waals surface area (Å²) >= 11 is 0. The van der Waals surface area contributed by atoms with Crippen LogP contribution >= 0.6 is 0 Å². The normalized spacial score (nSPS) is 22.1. The minimum atomic E-state index is -0.420. The first-order valence-electron chi connectivity index (χ1n) is 8.60. The predicted octanol–water partition coefficient (Wildman–Crippen LogP) is 3.09. The SMILES string of the molecule is CC(O)C1CCN(C(=O)c2cc(C3CC3)nc3ccc(F)cc23)C1. The van der Waals surface area contributed by atoms with Gasteiger partial charge in [-0.3, -0.25) is 9.78 Å². The van der Waals surface area contributed by atoms with E-state index < -0.39 is 6.10 Å². The van der Waals surface area contributed by atoms with E-state index in [0.29, 0.717) is 35.5 Å². The van der Waals surface area contributed by atoms with Crippen LogP contribution in [0.5, 0.6) is 0 Å². The first-order valence-corrected chi connectivity index (χ1v) is 8.60. The number of hydrogen-bond acceptors (Lipinski definition) is 3. The molecule has 2 heterocycles. The molecule has 2 aromatic rings. The van der Waals surface area contributed by atoms with Crippen molar-refractivity contribution in [3.8, 4) is 0 Å². The Hall–Kier alpha value is -2.01. The lowest BCUT2D eigenvalue weighted by molar-refractivity contribution is 0.0764. The zero-order chi connectivity index (χ0) is 16.8. The van der Waals surface area contributed by atoms with Crippen LogP contribution in [0.4, 0.5) is 4.39 Å². The van der Waals surface area contributed by atoms with Crippen molar-refractivity contribution in [3.05, 3.63) is 41.3 Å². The Kier molecular flexibility index (Phi) is 3.76. The molecule has 2 unspecified atom stereocenters. The van der Waals surface area contributed by atoms with E-state index in [0.717, 1.165) is 25.0 Å². The van der Waals surface area contributed by atoms with Gasteiger partial charge in [-0.15, -0.1) is 0 Å². The maximum Gasteiger partial charge on any atom is 0.254 e. The van der Waals surface area contributed by atoms with Crippen LogP contribution in [0.2, 0.25) is 0 Å². The van der Waals surface area contributed by atoms with Crippen molar-refractivity contribution in [1.82, 2.24) is 9.88 Å². The number of aromatic nitrogens is 1. The molecule has 2 atom stereocenters. The zero-order valence-corrected chi connectivity index (χ0v) is 13.7. The van der Waals surface area contributed by atoms with Gasteiger partial charge < -0.3 is 10.0 Å². The molecule has 1 aromatic carbocycles. The molecule has 2 aliphatic rings. The predicted molar refractivity (Wildman–Crippen MR) is 89.4 cm³/mol. The zero-order valence-electron chi connectivity index (χ0n) is 13.7. The fourth-order valence-corrected chi connectivity index (χ4v) is 3.52. The maximum atomic E-state index is 13.7. The lowest BCUT2D eigenvalue weighted by atomic mass is 10.0. The molecule has 5 heteroatoms. The Morgan fingerprint density at radius 1 is 1.33 bits per heavy atom. The summed E-state index contributed by atoms with van der Waals surface area (Å²) in [7, 11) is 0. The summed E-state index contributed by atoms with van der Waals surface area (Å²) < 4.78 is 13.7. The summed E-state index contributed by atoms with van der Waals surface area (Å²) in [5, 5.41) is 10.3. The number of rotatable bonds is 3. The molecule has 1 N–H and O–H groups in total. The second-order valence-corrected chi connectivity index (χ2v) is 7.07. The Balaban J connectivity index is 1.74. The van der Waals surface area contributed by atoms with Gasteiger partial charge >= 0.3 is 0 Å². The number of pyridine rings is 1. The molecule has 1 saturated carbocycles. The van der Waals surface area contributed by atoms with Crippen molar-refractivity contribution in [1.29, 1.82) is 0 Å². The highest BCUT2D eigenvalue weighted by Crippen LogP contribution is 2.40. The number of aliphatic hydroxyl groups is 1. The van der Waals surface area contributed by atoms with Crippen molar-refractivity contribution in [3.63, 3.8) is 0 Å². The fraction of sp³-hybridized carbons (Fsp3) is 0.474. The number of benzene rings is 1. The third-order valence-electron chi connectivity index (χ3n) is 5.21. The van der Waals surface area contributed by atoms with Crippen molar-refractivity contribution in [2.75, 3.05) is 13.1 Å². The van der Waals surface area contributed by atoms with E-state index >= 15 is 0 Å². The highest BCUT2D eigenvalue weighted by Gasteiger charge is 2.32. The molecule has 4 rings (SSSR count). The molecule has 1 saturated heterocycles. The van der Waals surface area contributed by atoms with Gasteiger partial charge in [-0.2, -0.15) is 0 Å². The van der Waals surface area contributed by atoms with Crippen molar-refractivity contribution < 1.29 is 14.3 Å². The standard InChI is InChI=1S/C19H21FN2O2/c1-11(23)13-6-7-22(10-13)19(24)16-9-18(12-2-3-12)21-17-5-4-14(20)8-15(16)17/h4-5,8-9,11-13,23H,2-3,6-7,10H2,1H3. The van der Waals surface area contributed by atoms with Crippen LogP contribution < -0.4 is 0 Å². The first-order chi connectivity index (χ1) is 11.5. The fourth-order valence-electron chi connectivity index (χ4n) is 3.52. The average molecular weight is 328 g/mol. The third kappa shape index (κ3) is 2.77. The van der Waals surface area contributed by atoms with E-state index in [9.17, 15) is 14.3 Å². The van der Waals surface area contributed by atoms with Gasteiger partial charge in [0.15, 0.2) is 0 Å². The number of hydrogen-bond donors (Lipinski definition) is 1. The molecule has 0 bridgehead atoms. The molecule has 2 fully saturated rings. The summed E-state index contributed by atoms with van der Waals surface area (Å²) in [6.07, 6.45) is 2.58. The summed E-state index contributed by atoms with van der Waals surface area (Å²) in [4.78, 5) is 19.4. The topological polar surface area (TPSA) is 53.4 Å². The number of nitrogens with zero attached hydrogens (tertiary/aromatic N) is 2. The van der Waals surface area contributed by atoms with Crippen LogP contribution in [-0.2, 0) is 0 Å². The van der Waals surface area contributed by atoms with E-state index in [-0.39, 0.29) is 17.6 Å². The Bertz CT molecular complexity index is 801. The molecular formula is C19H21FN2O2. The molecule has 126 valence electrons. The van der Waals surface area contributed by atoms with Crippen molar-refractivity contribution >= 4 is 16.8 Å². The van der Waals surface area contributed by atoms with Gasteiger partial charge in [0.2, 0.25) is 0 Å². The van der Waals surface area contributed by atoms with Crippen LogP contribution in [0.25, 0.3) is 10.9 Å². The molecular weight excluding hydrogens is 307 g/mol. The maximum absolute atomic E-state index is 13.7. The highest BCUT2D eigenvalue weighted by molar-refractivity contribution is 6.06. The van der Waals surface area contributed by atoms with Crippen molar-refractivity contribution in [2.24, 2.45) is 5.92 Å². The molecule has 1 aliphatic heterocycles. The van der Waals surface area contributed by atoms with Gasteiger partial charge in [-0.25, -0.2) is 4.39 Å². The summed E-state index contributed by atoms with van der Waals surface area (Å²) in [5.41, 5.74) is 2.15. The van der Waals surface area contributed by atoms with Crippen LogP contribution in [0.15, 0.2) is 24.3 Å². The minimum absolute atomic E-state index is 0.0851. The summed E-state index contributed by atoms with van der Waals surface area (Å²) in [6.45, 7) is 2.95. The van der Waals surface area contributed by atoms with Crippen LogP contribution in [0.3, 0.4) is 0 Å². The largest absolute Gasteiger partial charge is 0.393 e. The number of carbonyl (C=O) groups is 1. The molecule has 0 spiro atoms. The van der Waals surface area contributed by atoms with E-state index in [1.807, 2.05) is 6.07 Å². The second-order valence-electron chi connectivity index (χ2n) is 7.07. The van der Waals surface area contributed by atoms with Gasteiger partial charge in [0, 0.05) is 36.0 Å². The Morgan fingerprint density at radius 3 is 2.79 bits per heavy atom. The number of aliphatic hydroxyl groups excluding tert-OH is 1. The van der Waals surface area contributed by atoms with Gasteiger partial charge in [0.25, 0.3) is 5.91 Å². The number of amides is 1. The number of likely N-dealkylation sites (tertiary alicyclic amines) is 1. The number of halogens is 1. The quantitative estimate of drug-likeness (QED) is 0.942. The van der Waals surface area contributed by atoms with E-state index in [1.165, 1.54) is 12.1 Å². The molecule has 0 radical (unpaired) electrons. The lowest BCUT2D eigenvalue weighted by Crippen LogP contribution is -2.30. The smallest absolute Gasteiger partial charge is 0.254 e. The van der Waals surface area contributed by atoms with E-state index in [2.05, 4.69) is 4.98 Å². The molecule has 24 heavy (non-hydrogen) atoms. The van der Waals surface area contributed by atoms with Crippen LogP contribution in [0.1, 0.15) is 48.2 Å². The molecule has 1 aliphatic carbocycles. The number of fused-ring (bicyclic) bond motifs is 1. The van der Waals surface area contributed by atoms with Crippen LogP contribution in [-0.4, -0.2) is 40.1 Å². The first kappa shape index (κ1) is 15.5. The van der Waals surface area contributed by atoms with E-state index in [1.54, 1.807) is 17.9 Å². The Labute approximate surface area is 140 Å². The monoisotopic (exact) mass is 328 g/mol. The Morgan fingerprint density at radius 2 is 2.12 bits per heavy atom. The molecule has 4 nitrogen and oxygen atoms in total. The van der Waals surface area contributed by atoms with Gasteiger partial charge in [-0.1, -0.05) is 0 Å². The summed E-state index contributed by atoms with van der Waals surface area (Å²) in [6, 6.07) is 6.28. The minimum Gasteiger partial charge on any atom is -0.393 e. The van der Waals surface area contributed by atoms with Gasteiger partial charge in [0.1, 0.15) is 5.82 Å². The van der Waals surface area contributed by atoms with Gasteiger partial charge in [-0.05, 0) is 50.5 Å². The lowest BCUT2D eigenvalue weighted by Gasteiger charge is -2.19. The second kappa shape index (κ2) is 5.81. The molecule has 1 aromatic heterocycles. The molecule has 1 amide bonds. The van der Waals surface area contributed by atoms with Crippen LogP contribution in [0, 0.1) is 11.7 Å². The van der Waals surface area contributed by atoms with E-state index in [4.69, 9.17) is 0 Å². The average Bonchev–Trinajstić information content (AvgIpc) is 3.29. The van der Waals surface area contributed by atoms with Crippen molar-refractivity contribution in [2.45, 2.75) is 38.2 Å². The summed E-state index contributed by atoms with van der Waals surface area (Å²) in [5.74, 6) is 0.0929. The number of carbonyl (C=O) groups excluding carboxylic acids is 1. The third-order valence-corrected chi connectivity index (χ3v) is 5.21. The van der Waals surface area contributed by atoms with Gasteiger partial charge in [0.05, 0.1) is 17.2 Å². The highest BCUT2D eigenvalue weighted by atomic mass is 19.1.